The van der Waals surface area contributed by atoms with Gasteiger partial charge < -0.3 is 4.90 Å². The molecule has 4 heteroatoms. The first-order valence-electron chi connectivity index (χ1n) is 4.92. The van der Waals surface area contributed by atoms with Crippen molar-refractivity contribution in [3.63, 3.8) is 0 Å². The predicted octanol–water partition coefficient (Wildman–Crippen LogP) is 0.126. The average molecular weight is 195 g/mol. The molecule has 0 aliphatic carbocycles. The summed E-state index contributed by atoms with van der Waals surface area (Å²) in [6.07, 6.45) is 5.48. The number of rotatable bonds is 4. The molecule has 1 heterocycles. The minimum absolute atomic E-state index is 0.456. The lowest BCUT2D eigenvalue weighted by Gasteiger charge is -2.31. The van der Waals surface area contributed by atoms with Gasteiger partial charge in [-0.25, -0.2) is 9.79 Å². The predicted molar refractivity (Wildman–Crippen MR) is 56.1 cm³/mol. The number of nitrogens with zero attached hydrogens (tertiary/aromatic N) is 3. The lowest BCUT2D eigenvalue weighted by molar-refractivity contribution is 0.166. The molecule has 4 nitrogen and oxygen atoms in total. The summed E-state index contributed by atoms with van der Waals surface area (Å²) in [5, 5.41) is 0. The molecule has 0 radical (unpaired) electrons. The van der Waals surface area contributed by atoms with Gasteiger partial charge in [0.05, 0.1) is 6.54 Å². The molecule has 0 N–H and O–H groups in total. The second kappa shape index (κ2) is 6.49. The molecule has 0 saturated carbocycles. The highest BCUT2D eigenvalue weighted by Gasteiger charge is 2.11. The Labute approximate surface area is 84.9 Å². The zero-order valence-corrected chi connectivity index (χ0v) is 8.65. The fourth-order valence-corrected chi connectivity index (χ4v) is 1.42. The van der Waals surface area contributed by atoms with Crippen LogP contribution in [0.2, 0.25) is 0 Å². The average Bonchev–Trinajstić information content (AvgIpc) is 2.21. The standard InChI is InChI=1S/C10H17N3O/c1-12-6-8-13(9-7-12)5-3-2-4-11-10-14/h2-3H,4-9H2,1H3/b3-2-. The molecular weight excluding hydrogens is 178 g/mol. The van der Waals surface area contributed by atoms with Crippen molar-refractivity contribution in [1.82, 2.24) is 9.80 Å². The summed E-state index contributed by atoms with van der Waals surface area (Å²) in [6.45, 7) is 5.94. The topological polar surface area (TPSA) is 35.9 Å². The van der Waals surface area contributed by atoms with Gasteiger partial charge in [-0.15, -0.1) is 0 Å². The third-order valence-electron chi connectivity index (χ3n) is 2.39. The Kier molecular flexibility index (Phi) is 5.15. The van der Waals surface area contributed by atoms with Crippen molar-refractivity contribution in [2.24, 2.45) is 4.99 Å². The summed E-state index contributed by atoms with van der Waals surface area (Å²) in [5.74, 6) is 0. The van der Waals surface area contributed by atoms with Gasteiger partial charge in [0.15, 0.2) is 0 Å². The van der Waals surface area contributed by atoms with Crippen LogP contribution in [0.4, 0.5) is 0 Å². The first kappa shape index (κ1) is 11.1. The number of aliphatic imine (C=N–C) groups is 1. The maximum absolute atomic E-state index is 9.76. The van der Waals surface area contributed by atoms with Gasteiger partial charge in [-0.1, -0.05) is 12.2 Å². The largest absolute Gasteiger partial charge is 0.304 e. The number of piperazine rings is 1. The Hall–Kier alpha value is -0.960. The summed E-state index contributed by atoms with van der Waals surface area (Å²) in [4.78, 5) is 17.9. The molecule has 0 aromatic heterocycles. The zero-order valence-electron chi connectivity index (χ0n) is 8.65. The van der Waals surface area contributed by atoms with E-state index in [0.29, 0.717) is 6.54 Å². The monoisotopic (exact) mass is 195 g/mol. The van der Waals surface area contributed by atoms with Crippen LogP contribution in [0.1, 0.15) is 0 Å². The van der Waals surface area contributed by atoms with Crippen LogP contribution in [-0.4, -0.2) is 62.2 Å². The molecule has 14 heavy (non-hydrogen) atoms. The van der Waals surface area contributed by atoms with Gasteiger partial charge in [0.1, 0.15) is 0 Å². The first-order valence-corrected chi connectivity index (χ1v) is 4.92. The summed E-state index contributed by atoms with van der Waals surface area (Å²) >= 11 is 0. The fraction of sp³-hybridized carbons (Fsp3) is 0.700. The third kappa shape index (κ3) is 4.33. The van der Waals surface area contributed by atoms with E-state index in [-0.39, 0.29) is 0 Å². The molecule has 1 aliphatic heterocycles. The maximum atomic E-state index is 9.76. The van der Waals surface area contributed by atoms with E-state index in [0.717, 1.165) is 32.7 Å². The summed E-state index contributed by atoms with van der Waals surface area (Å²) in [7, 11) is 2.14. The number of hydrogen-bond donors (Lipinski definition) is 0. The zero-order chi connectivity index (χ0) is 10.2. The minimum Gasteiger partial charge on any atom is -0.304 e. The molecule has 1 saturated heterocycles. The number of hydrogen-bond acceptors (Lipinski definition) is 4. The van der Waals surface area contributed by atoms with E-state index in [1.807, 2.05) is 6.08 Å². The van der Waals surface area contributed by atoms with Crippen molar-refractivity contribution in [1.29, 1.82) is 0 Å². The molecule has 0 bridgehead atoms. The molecular formula is C10H17N3O. The Morgan fingerprint density at radius 2 is 2.00 bits per heavy atom. The van der Waals surface area contributed by atoms with E-state index >= 15 is 0 Å². The van der Waals surface area contributed by atoms with Crippen LogP contribution in [0.3, 0.4) is 0 Å². The van der Waals surface area contributed by atoms with Crippen molar-refractivity contribution in [3.8, 4) is 0 Å². The summed E-state index contributed by atoms with van der Waals surface area (Å²) in [5.41, 5.74) is 0. The molecule has 0 unspecified atom stereocenters. The van der Waals surface area contributed by atoms with Crippen LogP contribution < -0.4 is 0 Å². The smallest absolute Gasteiger partial charge is 0.235 e. The molecule has 0 aromatic rings. The van der Waals surface area contributed by atoms with Crippen molar-refractivity contribution in [2.45, 2.75) is 0 Å². The normalized spacial score (nSPS) is 19.8. The van der Waals surface area contributed by atoms with E-state index < -0.39 is 0 Å². The summed E-state index contributed by atoms with van der Waals surface area (Å²) in [6, 6.07) is 0. The SMILES string of the molecule is CN1CCN(C/C=C\CN=C=O)CC1. The minimum atomic E-state index is 0.456. The van der Waals surface area contributed by atoms with E-state index in [2.05, 4.69) is 27.9 Å². The van der Waals surface area contributed by atoms with Crippen LogP contribution in [0, 0.1) is 0 Å². The molecule has 0 spiro atoms. The van der Waals surface area contributed by atoms with Gasteiger partial charge >= 0.3 is 0 Å². The van der Waals surface area contributed by atoms with Crippen molar-refractivity contribution < 1.29 is 4.79 Å². The molecule has 78 valence electrons. The number of isocyanates is 1. The van der Waals surface area contributed by atoms with Gasteiger partial charge in [-0.05, 0) is 7.05 Å². The maximum Gasteiger partial charge on any atom is 0.235 e. The molecule has 0 amide bonds. The second-order valence-corrected chi connectivity index (χ2v) is 3.51. The quantitative estimate of drug-likeness (QED) is 0.363. The third-order valence-corrected chi connectivity index (χ3v) is 2.39. The van der Waals surface area contributed by atoms with E-state index in [9.17, 15) is 4.79 Å². The Bertz CT molecular complexity index is 226. The van der Waals surface area contributed by atoms with Crippen LogP contribution in [0.25, 0.3) is 0 Å². The fourth-order valence-electron chi connectivity index (χ4n) is 1.42. The van der Waals surface area contributed by atoms with Crippen molar-refractivity contribution >= 4 is 6.08 Å². The van der Waals surface area contributed by atoms with Gasteiger partial charge in [-0.3, -0.25) is 4.90 Å². The molecule has 1 rings (SSSR count). The van der Waals surface area contributed by atoms with Crippen LogP contribution in [0.5, 0.6) is 0 Å². The first-order chi connectivity index (χ1) is 6.83. The van der Waals surface area contributed by atoms with E-state index in [4.69, 9.17) is 0 Å². The van der Waals surface area contributed by atoms with Gasteiger partial charge in [0.2, 0.25) is 6.08 Å². The van der Waals surface area contributed by atoms with E-state index in [1.165, 1.54) is 6.08 Å². The highest BCUT2D eigenvalue weighted by Crippen LogP contribution is 1.98. The van der Waals surface area contributed by atoms with Crippen LogP contribution >= 0.6 is 0 Å². The Balaban J connectivity index is 2.12. The molecule has 0 atom stereocenters. The molecule has 1 fully saturated rings. The second-order valence-electron chi connectivity index (χ2n) is 3.51. The lowest BCUT2D eigenvalue weighted by Crippen LogP contribution is -2.44. The highest BCUT2D eigenvalue weighted by molar-refractivity contribution is 5.33. The summed E-state index contributed by atoms with van der Waals surface area (Å²) < 4.78 is 0. The Morgan fingerprint density at radius 1 is 1.29 bits per heavy atom. The van der Waals surface area contributed by atoms with Crippen LogP contribution in [-0.2, 0) is 4.79 Å². The van der Waals surface area contributed by atoms with Gasteiger partial charge in [-0.2, -0.15) is 0 Å². The van der Waals surface area contributed by atoms with Gasteiger partial charge in [0, 0.05) is 32.7 Å². The number of carbonyl (C=O) groups excluding carboxylic acids is 1. The highest BCUT2D eigenvalue weighted by atomic mass is 16.1. The lowest BCUT2D eigenvalue weighted by atomic mass is 10.3. The Morgan fingerprint density at radius 3 is 2.64 bits per heavy atom. The molecule has 0 aromatic carbocycles. The number of likely N-dealkylation sites (N-methyl/N-ethyl adjacent to an activating group) is 1. The van der Waals surface area contributed by atoms with E-state index in [1.54, 1.807) is 0 Å². The molecule has 1 aliphatic rings. The van der Waals surface area contributed by atoms with Crippen LogP contribution in [0.15, 0.2) is 17.1 Å². The van der Waals surface area contributed by atoms with Gasteiger partial charge in [0.25, 0.3) is 0 Å². The van der Waals surface area contributed by atoms with Crippen molar-refractivity contribution in [3.05, 3.63) is 12.2 Å². The van der Waals surface area contributed by atoms with Crippen molar-refractivity contribution in [2.75, 3.05) is 46.3 Å².